The highest BCUT2D eigenvalue weighted by Gasteiger charge is 2.18. The molecule has 0 spiro atoms. The molecule has 11 aromatic rings. The number of benzene rings is 9. The van der Waals surface area contributed by atoms with Gasteiger partial charge in [0.05, 0.1) is 22.4 Å². The number of nitrogens with zero attached hydrogens (tertiary/aromatic N) is 4. The van der Waals surface area contributed by atoms with Crippen LogP contribution in [-0.4, -0.2) is 14.5 Å². The van der Waals surface area contributed by atoms with Crippen LogP contribution in [0.15, 0.2) is 237 Å². The molecule has 0 fully saturated rings. The highest BCUT2D eigenvalue weighted by molar-refractivity contribution is 6.10. The summed E-state index contributed by atoms with van der Waals surface area (Å²) in [6.07, 6.45) is 0. The molecule has 0 saturated carbocycles. The number of aromatic nitrogens is 3. The van der Waals surface area contributed by atoms with Gasteiger partial charge in [0.15, 0.2) is 5.82 Å². The van der Waals surface area contributed by atoms with Crippen molar-refractivity contribution in [3.8, 4) is 61.8 Å². The van der Waals surface area contributed by atoms with E-state index < -0.39 is 0 Å². The minimum Gasteiger partial charge on any atom is -0.310 e. The summed E-state index contributed by atoms with van der Waals surface area (Å²) in [4.78, 5) is 12.4. The van der Waals surface area contributed by atoms with E-state index in [1.165, 1.54) is 32.9 Å². The van der Waals surface area contributed by atoms with Crippen LogP contribution in [0, 0.1) is 6.92 Å². The molecule has 0 atom stereocenters. The smallest absolute Gasteiger partial charge is 0.160 e. The van der Waals surface area contributed by atoms with Gasteiger partial charge in [0.1, 0.15) is 0 Å². The Kier molecular flexibility index (Phi) is 9.72. The minimum absolute atomic E-state index is 0.732. The number of hydrogen-bond acceptors (Lipinski definition) is 3. The molecule has 2 aromatic heterocycles. The standard InChI is InChI=1S/C59H42N4/c1-41-15-11-12-22-52(41)59-60-55(46-16-5-2-6-17-46)40-56(61-59)47-31-29-44(30-32-47)42-25-27-43(28-26-42)45-33-35-50(36-34-45)63-57-24-14-13-23-53(57)54-39-51(37-38-58(54)63)62(48-18-7-3-8-19-48)49-20-9-4-10-21-49/h2-40H,1H3. The largest absolute Gasteiger partial charge is 0.310 e. The monoisotopic (exact) mass is 806 g/mol. The first kappa shape index (κ1) is 37.6. The van der Waals surface area contributed by atoms with Crippen LogP contribution in [0.1, 0.15) is 5.56 Å². The molecule has 298 valence electrons. The summed E-state index contributed by atoms with van der Waals surface area (Å²) in [5.74, 6) is 0.732. The van der Waals surface area contributed by atoms with Crippen molar-refractivity contribution in [2.45, 2.75) is 6.92 Å². The fraction of sp³-hybridized carbons (Fsp3) is 0.0169. The highest BCUT2D eigenvalue weighted by Crippen LogP contribution is 2.40. The maximum Gasteiger partial charge on any atom is 0.160 e. The quantitative estimate of drug-likeness (QED) is 0.146. The van der Waals surface area contributed by atoms with Crippen molar-refractivity contribution in [1.82, 2.24) is 14.5 Å². The van der Waals surface area contributed by atoms with Crippen molar-refractivity contribution in [2.24, 2.45) is 0 Å². The lowest BCUT2D eigenvalue weighted by atomic mass is 9.98. The molecular weight excluding hydrogens is 765 g/mol. The van der Waals surface area contributed by atoms with Crippen LogP contribution in [0.2, 0.25) is 0 Å². The van der Waals surface area contributed by atoms with E-state index in [0.717, 1.165) is 73.3 Å². The molecule has 0 unspecified atom stereocenters. The zero-order valence-electron chi connectivity index (χ0n) is 34.8. The van der Waals surface area contributed by atoms with Gasteiger partial charge in [0.2, 0.25) is 0 Å². The second-order valence-corrected chi connectivity index (χ2v) is 15.9. The summed E-state index contributed by atoms with van der Waals surface area (Å²) in [7, 11) is 0. The molecule has 2 heterocycles. The highest BCUT2D eigenvalue weighted by atomic mass is 15.1. The SMILES string of the molecule is Cc1ccccc1-c1nc(-c2ccccc2)cc(-c2ccc(-c3ccc(-c4ccc(-n5c6ccccc6c6cc(N(c7ccccc7)c7ccccc7)ccc65)cc4)cc3)cc2)n1. The third kappa shape index (κ3) is 7.24. The van der Waals surface area contributed by atoms with Crippen molar-refractivity contribution in [3.63, 3.8) is 0 Å². The van der Waals surface area contributed by atoms with E-state index in [9.17, 15) is 0 Å². The van der Waals surface area contributed by atoms with Gasteiger partial charge in [0, 0.05) is 50.2 Å². The Morgan fingerprint density at radius 3 is 1.40 bits per heavy atom. The summed E-state index contributed by atoms with van der Waals surface area (Å²) in [6, 6.07) is 84.0. The van der Waals surface area contributed by atoms with Crippen LogP contribution < -0.4 is 4.90 Å². The van der Waals surface area contributed by atoms with Gasteiger partial charge in [-0.1, -0.05) is 170 Å². The summed E-state index contributed by atoms with van der Waals surface area (Å²) in [5.41, 5.74) is 17.6. The Balaban J connectivity index is 0.874. The first-order valence-corrected chi connectivity index (χ1v) is 21.4. The summed E-state index contributed by atoms with van der Waals surface area (Å²) < 4.78 is 2.38. The van der Waals surface area contributed by atoms with Gasteiger partial charge < -0.3 is 9.47 Å². The Hall–Kier alpha value is -8.34. The number of aryl methyl sites for hydroxylation is 1. The van der Waals surface area contributed by atoms with Crippen LogP contribution in [0.25, 0.3) is 83.6 Å². The molecule has 4 heteroatoms. The number of rotatable bonds is 9. The van der Waals surface area contributed by atoms with Crippen molar-refractivity contribution in [1.29, 1.82) is 0 Å². The van der Waals surface area contributed by atoms with Crippen LogP contribution >= 0.6 is 0 Å². The summed E-state index contributed by atoms with van der Waals surface area (Å²) in [5, 5.41) is 2.44. The van der Waals surface area contributed by atoms with Gasteiger partial charge in [-0.2, -0.15) is 0 Å². The third-order valence-corrected chi connectivity index (χ3v) is 12.0. The van der Waals surface area contributed by atoms with Gasteiger partial charge in [0.25, 0.3) is 0 Å². The van der Waals surface area contributed by atoms with Crippen molar-refractivity contribution in [3.05, 3.63) is 242 Å². The fourth-order valence-electron chi connectivity index (χ4n) is 8.77. The van der Waals surface area contributed by atoms with Gasteiger partial charge in [-0.15, -0.1) is 0 Å². The zero-order valence-corrected chi connectivity index (χ0v) is 34.8. The molecule has 0 aliphatic rings. The molecule has 4 nitrogen and oxygen atoms in total. The molecule has 0 aliphatic heterocycles. The first-order valence-electron chi connectivity index (χ1n) is 21.4. The number of para-hydroxylation sites is 3. The Bertz CT molecular complexity index is 3320. The molecule has 0 aliphatic carbocycles. The van der Waals surface area contributed by atoms with E-state index in [-0.39, 0.29) is 0 Å². The van der Waals surface area contributed by atoms with Crippen LogP contribution in [0.3, 0.4) is 0 Å². The molecular formula is C59H42N4. The molecule has 0 bridgehead atoms. The van der Waals surface area contributed by atoms with Gasteiger partial charge in [-0.25, -0.2) is 9.97 Å². The van der Waals surface area contributed by atoms with Crippen LogP contribution in [0.5, 0.6) is 0 Å². The topological polar surface area (TPSA) is 34.0 Å². The van der Waals surface area contributed by atoms with Crippen molar-refractivity contribution >= 4 is 38.9 Å². The number of anilines is 3. The maximum absolute atomic E-state index is 5.08. The van der Waals surface area contributed by atoms with Gasteiger partial charge in [-0.05, 0) is 101 Å². The molecule has 0 radical (unpaired) electrons. The average Bonchev–Trinajstić information content (AvgIpc) is 3.69. The van der Waals surface area contributed by atoms with E-state index in [1.54, 1.807) is 0 Å². The van der Waals surface area contributed by atoms with Gasteiger partial charge >= 0.3 is 0 Å². The lowest BCUT2D eigenvalue weighted by Crippen LogP contribution is -2.09. The predicted octanol–water partition coefficient (Wildman–Crippen LogP) is 15.7. The summed E-state index contributed by atoms with van der Waals surface area (Å²) in [6.45, 7) is 2.11. The average molecular weight is 807 g/mol. The maximum atomic E-state index is 5.08. The normalized spacial score (nSPS) is 11.3. The lowest BCUT2D eigenvalue weighted by Gasteiger charge is -2.25. The molecule has 9 aromatic carbocycles. The Morgan fingerprint density at radius 2 is 0.810 bits per heavy atom. The molecule has 0 N–H and O–H groups in total. The molecule has 63 heavy (non-hydrogen) atoms. The van der Waals surface area contributed by atoms with Gasteiger partial charge in [-0.3, -0.25) is 0 Å². The fourth-order valence-corrected chi connectivity index (χ4v) is 8.77. The van der Waals surface area contributed by atoms with E-state index >= 15 is 0 Å². The zero-order chi connectivity index (χ0) is 42.1. The minimum atomic E-state index is 0.732. The predicted molar refractivity (Wildman–Crippen MR) is 263 cm³/mol. The number of hydrogen-bond donors (Lipinski definition) is 0. The van der Waals surface area contributed by atoms with E-state index in [1.807, 2.05) is 24.3 Å². The molecule has 0 amide bonds. The van der Waals surface area contributed by atoms with Crippen molar-refractivity contribution < 1.29 is 0 Å². The van der Waals surface area contributed by atoms with Crippen LogP contribution in [-0.2, 0) is 0 Å². The summed E-state index contributed by atoms with van der Waals surface area (Å²) >= 11 is 0. The van der Waals surface area contributed by atoms with Crippen LogP contribution in [0.4, 0.5) is 17.1 Å². The van der Waals surface area contributed by atoms with E-state index in [0.29, 0.717) is 0 Å². The van der Waals surface area contributed by atoms with E-state index in [2.05, 4.69) is 229 Å². The second kappa shape index (κ2) is 16.3. The lowest BCUT2D eigenvalue weighted by molar-refractivity contribution is 1.17. The molecule has 11 rings (SSSR count). The number of fused-ring (bicyclic) bond motifs is 3. The Labute approximate surface area is 367 Å². The second-order valence-electron chi connectivity index (χ2n) is 15.9. The Morgan fingerprint density at radius 1 is 0.349 bits per heavy atom. The van der Waals surface area contributed by atoms with Crippen molar-refractivity contribution in [2.75, 3.05) is 4.90 Å². The molecule has 0 saturated heterocycles. The first-order chi connectivity index (χ1) is 31.1. The van der Waals surface area contributed by atoms with E-state index in [4.69, 9.17) is 9.97 Å². The third-order valence-electron chi connectivity index (χ3n) is 12.0.